The molecule has 1 aromatic carbocycles. The number of amides is 1. The first-order valence-corrected chi connectivity index (χ1v) is 7.64. The van der Waals surface area contributed by atoms with Crippen LogP contribution in [0.3, 0.4) is 0 Å². The fraction of sp³-hybridized carbons (Fsp3) is 0.471. The third-order valence-corrected chi connectivity index (χ3v) is 4.42. The average molecular weight is 338 g/mol. The highest BCUT2D eigenvalue weighted by atomic mass is 35.5. The van der Waals surface area contributed by atoms with Crippen LogP contribution in [0.4, 0.5) is 4.79 Å². The zero-order chi connectivity index (χ0) is 15.9. The van der Waals surface area contributed by atoms with Gasteiger partial charge in [0.1, 0.15) is 5.75 Å². The van der Waals surface area contributed by atoms with Crippen molar-refractivity contribution in [1.29, 1.82) is 0 Å². The number of benzene rings is 1. The van der Waals surface area contributed by atoms with Crippen molar-refractivity contribution in [3.05, 3.63) is 29.5 Å². The molecule has 0 spiro atoms. The summed E-state index contributed by atoms with van der Waals surface area (Å²) in [6, 6.07) is 5.87. The van der Waals surface area contributed by atoms with Crippen molar-refractivity contribution in [2.45, 2.75) is 12.8 Å². The third kappa shape index (κ3) is 3.31. The summed E-state index contributed by atoms with van der Waals surface area (Å²) < 4.78 is 7.55. The second-order valence-electron chi connectivity index (χ2n) is 6.34. The molecule has 0 saturated carbocycles. The second-order valence-corrected chi connectivity index (χ2v) is 6.34. The van der Waals surface area contributed by atoms with Crippen LogP contribution < -0.4 is 10.1 Å². The summed E-state index contributed by atoms with van der Waals surface area (Å²) in [5, 5.41) is 3.68. The molecule has 5 nitrogen and oxygen atoms in total. The van der Waals surface area contributed by atoms with Gasteiger partial charge in [-0.05, 0) is 56.6 Å². The topological polar surface area (TPSA) is 46.5 Å². The number of ether oxygens (including phenoxy) is 1. The van der Waals surface area contributed by atoms with E-state index < -0.39 is 6.09 Å². The number of aromatic nitrogens is 1. The summed E-state index contributed by atoms with van der Waals surface area (Å²) in [7, 11) is 7.93. The average Bonchev–Trinajstić information content (AvgIpc) is 2.98. The molecular weight excluding hydrogens is 314 g/mol. The van der Waals surface area contributed by atoms with Gasteiger partial charge < -0.3 is 19.5 Å². The van der Waals surface area contributed by atoms with Crippen LogP contribution in [0.15, 0.2) is 18.2 Å². The molecule has 23 heavy (non-hydrogen) atoms. The van der Waals surface area contributed by atoms with E-state index in [1.165, 1.54) is 22.2 Å². The maximum absolute atomic E-state index is 11.4. The third-order valence-electron chi connectivity index (χ3n) is 4.42. The molecule has 2 aromatic rings. The van der Waals surface area contributed by atoms with E-state index in [1.54, 1.807) is 7.05 Å². The summed E-state index contributed by atoms with van der Waals surface area (Å²) in [5.41, 5.74) is 4.03. The number of nitrogens with zero attached hydrogens (tertiary/aromatic N) is 2. The zero-order valence-corrected chi connectivity index (χ0v) is 14.9. The van der Waals surface area contributed by atoms with E-state index in [2.05, 4.69) is 35.9 Å². The fourth-order valence-electron chi connectivity index (χ4n) is 3.54. The van der Waals surface area contributed by atoms with Crippen LogP contribution in [0.2, 0.25) is 0 Å². The van der Waals surface area contributed by atoms with Crippen LogP contribution in [0.1, 0.15) is 11.3 Å². The van der Waals surface area contributed by atoms with Crippen molar-refractivity contribution in [2.24, 2.45) is 13.0 Å². The smallest absolute Gasteiger partial charge is 0.410 e. The summed E-state index contributed by atoms with van der Waals surface area (Å²) in [6.45, 7) is 1.10. The number of carbonyl (C=O) groups is 1. The highest BCUT2D eigenvalue weighted by molar-refractivity contribution is 5.88. The molecule has 6 heteroatoms. The molecule has 0 saturated heterocycles. The predicted octanol–water partition coefficient (Wildman–Crippen LogP) is 2.59. The number of halogens is 1. The van der Waals surface area contributed by atoms with Crippen LogP contribution in [0.25, 0.3) is 10.9 Å². The summed E-state index contributed by atoms with van der Waals surface area (Å²) in [6.07, 6.45) is 1.77. The number of hydrogen-bond acceptors (Lipinski definition) is 3. The largest absolute Gasteiger partial charge is 0.412 e. The van der Waals surface area contributed by atoms with Gasteiger partial charge in [-0.15, -0.1) is 12.4 Å². The van der Waals surface area contributed by atoms with E-state index in [0.717, 1.165) is 19.4 Å². The van der Waals surface area contributed by atoms with Gasteiger partial charge in [-0.25, -0.2) is 4.79 Å². The molecule has 1 aliphatic rings. The van der Waals surface area contributed by atoms with Crippen molar-refractivity contribution >= 4 is 29.4 Å². The summed E-state index contributed by atoms with van der Waals surface area (Å²) in [4.78, 5) is 13.6. The SMILES string of the molecule is CNC(=O)Oc1ccc2c(c1)c1c(n2C)CC(CN(C)C)C1.Cl. The van der Waals surface area contributed by atoms with E-state index >= 15 is 0 Å². The van der Waals surface area contributed by atoms with Crippen molar-refractivity contribution in [2.75, 3.05) is 27.7 Å². The van der Waals surface area contributed by atoms with Crippen molar-refractivity contribution in [3.63, 3.8) is 0 Å². The Morgan fingerprint density at radius 1 is 1.39 bits per heavy atom. The lowest BCUT2D eigenvalue weighted by atomic mass is 10.0. The fourth-order valence-corrected chi connectivity index (χ4v) is 3.54. The predicted molar refractivity (Wildman–Crippen MR) is 94.7 cm³/mol. The Morgan fingerprint density at radius 2 is 2.13 bits per heavy atom. The zero-order valence-electron chi connectivity index (χ0n) is 14.0. The first kappa shape index (κ1) is 17.6. The molecule has 126 valence electrons. The molecule has 0 fully saturated rings. The van der Waals surface area contributed by atoms with Gasteiger partial charge in [-0.1, -0.05) is 0 Å². The highest BCUT2D eigenvalue weighted by Gasteiger charge is 2.27. The molecule has 1 amide bonds. The lowest BCUT2D eigenvalue weighted by molar-refractivity contribution is 0.203. The quantitative estimate of drug-likeness (QED) is 0.936. The van der Waals surface area contributed by atoms with Crippen molar-refractivity contribution in [3.8, 4) is 5.75 Å². The molecule has 0 aliphatic heterocycles. The number of hydrogen-bond donors (Lipinski definition) is 1. The number of rotatable bonds is 3. The molecule has 1 unspecified atom stereocenters. The normalized spacial score (nSPS) is 16.3. The molecule has 0 bridgehead atoms. The van der Waals surface area contributed by atoms with E-state index in [-0.39, 0.29) is 12.4 Å². The first-order chi connectivity index (χ1) is 10.5. The monoisotopic (exact) mass is 337 g/mol. The Bertz CT molecular complexity index is 724. The summed E-state index contributed by atoms with van der Waals surface area (Å²) >= 11 is 0. The Labute approximate surface area is 143 Å². The van der Waals surface area contributed by atoms with Gasteiger partial charge in [-0.3, -0.25) is 0 Å². The number of aryl methyl sites for hydroxylation is 1. The number of nitrogens with one attached hydrogen (secondary N) is 1. The standard InChI is InChI=1S/C17H23N3O2.ClH/c1-18-17(21)22-12-5-6-15-14(9-12)13-7-11(10-19(2)3)8-16(13)20(15)4;/h5-6,9,11H,7-8,10H2,1-4H3,(H,18,21);1H. The minimum Gasteiger partial charge on any atom is -0.410 e. The molecule has 0 radical (unpaired) electrons. The van der Waals surface area contributed by atoms with Crippen LogP contribution in [0.5, 0.6) is 5.75 Å². The van der Waals surface area contributed by atoms with Gasteiger partial charge in [0.25, 0.3) is 0 Å². The molecule has 1 aromatic heterocycles. The Balaban J connectivity index is 0.00000192. The molecular formula is C17H24ClN3O2. The van der Waals surface area contributed by atoms with Gasteiger partial charge in [0.05, 0.1) is 0 Å². The minimum atomic E-state index is -0.433. The van der Waals surface area contributed by atoms with Crippen LogP contribution in [0, 0.1) is 5.92 Å². The molecule has 1 atom stereocenters. The maximum atomic E-state index is 11.4. The van der Waals surface area contributed by atoms with Crippen LogP contribution in [-0.2, 0) is 19.9 Å². The lowest BCUT2D eigenvalue weighted by Crippen LogP contribution is -2.22. The lowest BCUT2D eigenvalue weighted by Gasteiger charge is -2.16. The van der Waals surface area contributed by atoms with Gasteiger partial charge in [0.2, 0.25) is 0 Å². The van der Waals surface area contributed by atoms with Crippen molar-refractivity contribution < 1.29 is 9.53 Å². The Morgan fingerprint density at radius 3 is 2.78 bits per heavy atom. The summed E-state index contributed by atoms with van der Waals surface area (Å²) in [5.74, 6) is 1.26. The van der Waals surface area contributed by atoms with Gasteiger partial charge in [0.15, 0.2) is 0 Å². The van der Waals surface area contributed by atoms with Gasteiger partial charge >= 0.3 is 6.09 Å². The van der Waals surface area contributed by atoms with E-state index in [4.69, 9.17) is 4.74 Å². The van der Waals surface area contributed by atoms with E-state index in [0.29, 0.717) is 11.7 Å². The van der Waals surface area contributed by atoms with Crippen molar-refractivity contribution in [1.82, 2.24) is 14.8 Å². The van der Waals surface area contributed by atoms with Crippen LogP contribution >= 0.6 is 12.4 Å². The Hall–Kier alpha value is -1.72. The van der Waals surface area contributed by atoms with Gasteiger partial charge in [-0.2, -0.15) is 0 Å². The minimum absolute atomic E-state index is 0. The maximum Gasteiger partial charge on any atom is 0.412 e. The molecule has 1 heterocycles. The van der Waals surface area contributed by atoms with E-state index in [9.17, 15) is 4.79 Å². The number of carbonyl (C=O) groups excluding carboxylic acids is 1. The molecule has 3 rings (SSSR count). The second kappa shape index (κ2) is 6.81. The van der Waals surface area contributed by atoms with Crippen LogP contribution in [-0.4, -0.2) is 43.2 Å². The Kier molecular flexibility index (Phi) is 5.22. The molecule has 1 N–H and O–H groups in total. The molecule has 1 aliphatic carbocycles. The first-order valence-electron chi connectivity index (χ1n) is 7.64. The van der Waals surface area contributed by atoms with Gasteiger partial charge in [0, 0.05) is 37.2 Å². The highest BCUT2D eigenvalue weighted by Crippen LogP contribution is 2.36. The number of fused-ring (bicyclic) bond motifs is 3. The van der Waals surface area contributed by atoms with E-state index in [1.807, 2.05) is 18.2 Å².